The molecule has 6 heteroatoms. The lowest BCUT2D eigenvalue weighted by Gasteiger charge is -2.24. The summed E-state index contributed by atoms with van der Waals surface area (Å²) in [4.78, 5) is 18.1. The lowest BCUT2D eigenvalue weighted by molar-refractivity contribution is 0.0293. The molecule has 0 unspecified atom stereocenters. The number of anilines is 1. The highest BCUT2D eigenvalue weighted by Crippen LogP contribution is 2.25. The first-order valence-corrected chi connectivity index (χ1v) is 8.10. The van der Waals surface area contributed by atoms with Crippen molar-refractivity contribution in [2.75, 3.05) is 18.4 Å². The Morgan fingerprint density at radius 3 is 2.92 bits per heavy atom. The molecule has 5 nitrogen and oxygen atoms in total. The molecule has 128 valence electrons. The minimum absolute atomic E-state index is 0.103. The zero-order valence-corrected chi connectivity index (χ0v) is 14.2. The number of halogens is 1. The first-order chi connectivity index (χ1) is 11.3. The van der Waals surface area contributed by atoms with Crippen LogP contribution in [0.25, 0.3) is 10.9 Å². The number of carbonyl (C=O) groups is 1. The molecule has 1 saturated heterocycles. The third-order valence-electron chi connectivity index (χ3n) is 3.90. The van der Waals surface area contributed by atoms with Crippen LogP contribution in [-0.2, 0) is 4.74 Å². The van der Waals surface area contributed by atoms with Crippen molar-refractivity contribution in [2.45, 2.75) is 38.8 Å². The Kier molecular flexibility index (Phi) is 4.30. The van der Waals surface area contributed by atoms with Crippen molar-refractivity contribution in [3.8, 4) is 0 Å². The summed E-state index contributed by atoms with van der Waals surface area (Å²) < 4.78 is 18.9. The first kappa shape index (κ1) is 16.5. The summed E-state index contributed by atoms with van der Waals surface area (Å²) >= 11 is 0. The second-order valence-corrected chi connectivity index (χ2v) is 7.08. The normalized spacial score (nSPS) is 18.0. The molecule has 0 bridgehead atoms. The highest BCUT2D eigenvalue weighted by atomic mass is 19.1. The Hall–Kier alpha value is -2.37. The second-order valence-electron chi connectivity index (χ2n) is 7.08. The van der Waals surface area contributed by atoms with E-state index in [-0.39, 0.29) is 18.0 Å². The van der Waals surface area contributed by atoms with Crippen molar-refractivity contribution in [3.63, 3.8) is 0 Å². The van der Waals surface area contributed by atoms with Crippen molar-refractivity contribution >= 4 is 22.7 Å². The Bertz CT molecular complexity index is 758. The number of rotatable bonds is 2. The zero-order valence-electron chi connectivity index (χ0n) is 14.2. The van der Waals surface area contributed by atoms with E-state index < -0.39 is 5.60 Å². The summed E-state index contributed by atoms with van der Waals surface area (Å²) in [6, 6.07) is 6.48. The SMILES string of the molecule is CC(C)(C)OC(=O)N1CC[C@@H](Nc2ccnc3ccc(F)cc23)C1. The van der Waals surface area contributed by atoms with Crippen LogP contribution in [0, 0.1) is 5.82 Å². The van der Waals surface area contributed by atoms with Crippen molar-refractivity contribution < 1.29 is 13.9 Å². The van der Waals surface area contributed by atoms with Gasteiger partial charge in [0.2, 0.25) is 0 Å². The number of fused-ring (bicyclic) bond motifs is 1. The molecule has 3 rings (SSSR count). The van der Waals surface area contributed by atoms with Crippen LogP contribution in [0.15, 0.2) is 30.5 Å². The fourth-order valence-corrected chi connectivity index (χ4v) is 2.83. The van der Waals surface area contributed by atoms with Crippen LogP contribution in [0.3, 0.4) is 0 Å². The van der Waals surface area contributed by atoms with Crippen LogP contribution in [0.4, 0.5) is 14.9 Å². The quantitative estimate of drug-likeness (QED) is 0.909. The molecule has 0 saturated carbocycles. The summed E-state index contributed by atoms with van der Waals surface area (Å²) in [6.45, 7) is 6.77. The van der Waals surface area contributed by atoms with Crippen molar-refractivity contribution in [3.05, 3.63) is 36.3 Å². The second kappa shape index (κ2) is 6.26. The van der Waals surface area contributed by atoms with Gasteiger partial charge in [-0.05, 0) is 51.5 Å². The molecule has 1 fully saturated rings. The van der Waals surface area contributed by atoms with E-state index >= 15 is 0 Å². The molecule has 1 aliphatic heterocycles. The van der Waals surface area contributed by atoms with Gasteiger partial charge in [0.1, 0.15) is 11.4 Å². The summed E-state index contributed by atoms with van der Waals surface area (Å²) in [5.41, 5.74) is 1.07. The molecule has 1 atom stereocenters. The summed E-state index contributed by atoms with van der Waals surface area (Å²) in [5.74, 6) is -0.291. The molecular formula is C18H22FN3O2. The van der Waals surface area contributed by atoms with Crippen LogP contribution in [0.1, 0.15) is 27.2 Å². The van der Waals surface area contributed by atoms with Gasteiger partial charge in [-0.25, -0.2) is 9.18 Å². The van der Waals surface area contributed by atoms with E-state index in [1.54, 1.807) is 17.2 Å². The molecule has 2 heterocycles. The highest BCUT2D eigenvalue weighted by molar-refractivity contribution is 5.91. The van der Waals surface area contributed by atoms with Crippen LogP contribution in [0.2, 0.25) is 0 Å². The molecule has 0 radical (unpaired) electrons. The molecule has 0 aliphatic carbocycles. The predicted molar refractivity (Wildman–Crippen MR) is 91.5 cm³/mol. The molecule has 2 aromatic rings. The summed E-state index contributed by atoms with van der Waals surface area (Å²) in [6.07, 6.45) is 2.22. The van der Waals surface area contributed by atoms with E-state index in [0.29, 0.717) is 13.1 Å². The Morgan fingerprint density at radius 2 is 2.17 bits per heavy atom. The first-order valence-electron chi connectivity index (χ1n) is 8.10. The number of nitrogens with one attached hydrogen (secondary N) is 1. The number of aromatic nitrogens is 1. The maximum Gasteiger partial charge on any atom is 0.410 e. The molecule has 1 N–H and O–H groups in total. The Morgan fingerprint density at radius 1 is 1.38 bits per heavy atom. The van der Waals surface area contributed by atoms with E-state index in [4.69, 9.17) is 4.74 Å². The minimum Gasteiger partial charge on any atom is -0.444 e. The van der Waals surface area contributed by atoms with Gasteiger partial charge in [-0.2, -0.15) is 0 Å². The number of benzene rings is 1. The van der Waals surface area contributed by atoms with E-state index in [9.17, 15) is 9.18 Å². The van der Waals surface area contributed by atoms with Crippen molar-refractivity contribution in [2.24, 2.45) is 0 Å². The van der Waals surface area contributed by atoms with Gasteiger partial charge < -0.3 is 15.0 Å². The molecule has 1 amide bonds. The molecule has 1 aliphatic rings. The fourth-order valence-electron chi connectivity index (χ4n) is 2.83. The zero-order chi connectivity index (χ0) is 17.3. The van der Waals surface area contributed by atoms with Crippen LogP contribution >= 0.6 is 0 Å². The highest BCUT2D eigenvalue weighted by Gasteiger charge is 2.29. The third-order valence-corrected chi connectivity index (χ3v) is 3.90. The number of likely N-dealkylation sites (tertiary alicyclic amines) is 1. The molecule has 0 spiro atoms. The van der Waals surface area contributed by atoms with Crippen LogP contribution < -0.4 is 5.32 Å². The lowest BCUT2D eigenvalue weighted by Crippen LogP contribution is -2.36. The number of hydrogen-bond acceptors (Lipinski definition) is 4. The number of nitrogens with zero attached hydrogens (tertiary/aromatic N) is 2. The van der Waals surface area contributed by atoms with E-state index in [0.717, 1.165) is 23.0 Å². The largest absolute Gasteiger partial charge is 0.444 e. The van der Waals surface area contributed by atoms with Gasteiger partial charge in [-0.1, -0.05) is 0 Å². The summed E-state index contributed by atoms with van der Waals surface area (Å²) in [7, 11) is 0. The molecule has 1 aromatic heterocycles. The lowest BCUT2D eigenvalue weighted by atomic mass is 10.1. The van der Waals surface area contributed by atoms with E-state index in [2.05, 4.69) is 10.3 Å². The van der Waals surface area contributed by atoms with Gasteiger partial charge in [0.15, 0.2) is 0 Å². The van der Waals surface area contributed by atoms with Gasteiger partial charge in [-0.3, -0.25) is 4.98 Å². The number of ether oxygens (including phenoxy) is 1. The van der Waals surface area contributed by atoms with Crippen molar-refractivity contribution in [1.82, 2.24) is 9.88 Å². The predicted octanol–water partition coefficient (Wildman–Crippen LogP) is 3.80. The molecular weight excluding hydrogens is 309 g/mol. The van der Waals surface area contributed by atoms with Gasteiger partial charge in [0.05, 0.1) is 5.52 Å². The van der Waals surface area contributed by atoms with Crippen LogP contribution in [0.5, 0.6) is 0 Å². The third kappa shape index (κ3) is 3.75. The molecule has 1 aromatic carbocycles. The topological polar surface area (TPSA) is 54.5 Å². The monoisotopic (exact) mass is 331 g/mol. The van der Waals surface area contributed by atoms with Crippen molar-refractivity contribution in [1.29, 1.82) is 0 Å². The fraction of sp³-hybridized carbons (Fsp3) is 0.444. The average Bonchev–Trinajstić information content (AvgIpc) is 2.95. The number of pyridine rings is 1. The molecule has 24 heavy (non-hydrogen) atoms. The Balaban J connectivity index is 1.70. The van der Waals surface area contributed by atoms with Crippen LogP contribution in [-0.4, -0.2) is 40.7 Å². The van der Waals surface area contributed by atoms with E-state index in [1.807, 2.05) is 26.8 Å². The summed E-state index contributed by atoms with van der Waals surface area (Å²) in [5, 5.41) is 4.15. The number of carbonyl (C=O) groups excluding carboxylic acids is 1. The average molecular weight is 331 g/mol. The van der Waals surface area contributed by atoms with Gasteiger partial charge in [0.25, 0.3) is 0 Å². The number of hydrogen-bond donors (Lipinski definition) is 1. The van der Waals surface area contributed by atoms with Gasteiger partial charge >= 0.3 is 6.09 Å². The van der Waals surface area contributed by atoms with E-state index in [1.165, 1.54) is 12.1 Å². The number of amides is 1. The maximum atomic E-state index is 13.5. The minimum atomic E-state index is -0.499. The maximum absolute atomic E-state index is 13.5. The smallest absolute Gasteiger partial charge is 0.410 e. The van der Waals surface area contributed by atoms with Gasteiger partial charge in [0, 0.05) is 36.4 Å². The standard InChI is InChI=1S/C18H22FN3O2/c1-18(2,3)24-17(23)22-9-7-13(11-22)21-16-6-8-20-15-5-4-12(19)10-14(15)16/h4-6,8,10,13H,7,9,11H2,1-3H3,(H,20,21)/t13-/m1/s1. The van der Waals surface area contributed by atoms with Gasteiger partial charge in [-0.15, -0.1) is 0 Å². The Labute approximate surface area is 140 Å².